The zero-order valence-electron chi connectivity index (χ0n) is 10.8. The van der Waals surface area contributed by atoms with E-state index in [1.807, 2.05) is 6.92 Å². The monoisotopic (exact) mass is 256 g/mol. The number of rotatable bonds is 4. The number of hydrogen-bond acceptors (Lipinski definition) is 2. The molecular formula is C13H21ClN2O. The summed E-state index contributed by atoms with van der Waals surface area (Å²) in [5.74, 6) is 0.0231. The maximum absolute atomic E-state index is 11.4. The number of nitrogens with one attached hydrogen (secondary N) is 2. The average molecular weight is 257 g/mol. The average Bonchev–Trinajstić information content (AvgIpc) is 2.17. The molecule has 0 aliphatic rings. The van der Waals surface area contributed by atoms with Crippen molar-refractivity contribution in [1.82, 2.24) is 10.6 Å². The molecule has 1 atom stereocenters. The number of carbonyl (C=O) groups is 1. The minimum Gasteiger partial charge on any atom is -0.348 e. The van der Waals surface area contributed by atoms with Crippen LogP contribution in [0.5, 0.6) is 0 Å². The summed E-state index contributed by atoms with van der Waals surface area (Å²) in [5, 5.41) is 5.79. The fourth-order valence-electron chi connectivity index (χ4n) is 1.84. The Balaban J connectivity index is 0.00000256. The Kier molecular flexibility index (Phi) is 6.85. The van der Waals surface area contributed by atoms with Crippen molar-refractivity contribution in [2.45, 2.75) is 26.8 Å². The first-order valence-corrected chi connectivity index (χ1v) is 5.55. The third kappa shape index (κ3) is 4.75. The second kappa shape index (κ2) is 7.30. The standard InChI is InChI=1S/C13H20N2O.ClH/c1-9-5-6-12(10(2)7-9)11(3)15-13(16)8-14-4;/h5-7,11,14H,8H2,1-4H3,(H,15,16);1H. The van der Waals surface area contributed by atoms with Crippen molar-refractivity contribution in [3.05, 3.63) is 34.9 Å². The lowest BCUT2D eigenvalue weighted by atomic mass is 10.0. The van der Waals surface area contributed by atoms with E-state index in [1.165, 1.54) is 16.7 Å². The van der Waals surface area contributed by atoms with Crippen LogP contribution in [0.1, 0.15) is 29.7 Å². The summed E-state index contributed by atoms with van der Waals surface area (Å²) in [4.78, 5) is 11.4. The van der Waals surface area contributed by atoms with E-state index in [4.69, 9.17) is 0 Å². The highest BCUT2D eigenvalue weighted by Crippen LogP contribution is 2.18. The Hall–Kier alpha value is -1.06. The number of halogens is 1. The molecule has 4 heteroatoms. The smallest absolute Gasteiger partial charge is 0.234 e. The Bertz CT molecular complexity index is 380. The molecule has 3 nitrogen and oxygen atoms in total. The molecule has 1 amide bonds. The largest absolute Gasteiger partial charge is 0.348 e. The molecule has 0 fully saturated rings. The fourth-order valence-corrected chi connectivity index (χ4v) is 1.84. The molecule has 1 unspecified atom stereocenters. The number of hydrogen-bond donors (Lipinski definition) is 2. The van der Waals surface area contributed by atoms with Gasteiger partial charge in [0.05, 0.1) is 12.6 Å². The van der Waals surface area contributed by atoms with Gasteiger partial charge in [0.25, 0.3) is 0 Å². The molecule has 0 aromatic heterocycles. The van der Waals surface area contributed by atoms with Crippen LogP contribution in [0, 0.1) is 13.8 Å². The molecule has 1 aromatic rings. The minimum atomic E-state index is 0. The highest BCUT2D eigenvalue weighted by molar-refractivity contribution is 5.85. The summed E-state index contributed by atoms with van der Waals surface area (Å²) in [6.07, 6.45) is 0. The molecular weight excluding hydrogens is 236 g/mol. The molecule has 1 aromatic carbocycles. The second-order valence-electron chi connectivity index (χ2n) is 4.18. The molecule has 0 saturated heterocycles. The molecule has 1 rings (SSSR count). The van der Waals surface area contributed by atoms with Crippen molar-refractivity contribution in [3.63, 3.8) is 0 Å². The lowest BCUT2D eigenvalue weighted by molar-refractivity contribution is -0.120. The van der Waals surface area contributed by atoms with Crippen LogP contribution in [-0.4, -0.2) is 19.5 Å². The number of amides is 1. The van der Waals surface area contributed by atoms with E-state index in [1.54, 1.807) is 7.05 Å². The Labute approximate surface area is 109 Å². The molecule has 17 heavy (non-hydrogen) atoms. The quantitative estimate of drug-likeness (QED) is 0.867. The van der Waals surface area contributed by atoms with Gasteiger partial charge in [-0.15, -0.1) is 12.4 Å². The van der Waals surface area contributed by atoms with Crippen molar-refractivity contribution in [1.29, 1.82) is 0 Å². The summed E-state index contributed by atoms with van der Waals surface area (Å²) in [6.45, 7) is 6.50. The Morgan fingerprint density at radius 1 is 1.35 bits per heavy atom. The summed E-state index contributed by atoms with van der Waals surface area (Å²) >= 11 is 0. The topological polar surface area (TPSA) is 41.1 Å². The normalized spacial score (nSPS) is 11.5. The van der Waals surface area contributed by atoms with Crippen molar-refractivity contribution >= 4 is 18.3 Å². The third-order valence-electron chi connectivity index (χ3n) is 2.61. The van der Waals surface area contributed by atoms with E-state index < -0.39 is 0 Å². The highest BCUT2D eigenvalue weighted by Gasteiger charge is 2.10. The van der Waals surface area contributed by atoms with E-state index in [2.05, 4.69) is 42.7 Å². The van der Waals surface area contributed by atoms with Gasteiger partial charge in [0.15, 0.2) is 0 Å². The van der Waals surface area contributed by atoms with E-state index in [0.717, 1.165) is 0 Å². The van der Waals surface area contributed by atoms with Crippen molar-refractivity contribution in [3.8, 4) is 0 Å². The van der Waals surface area contributed by atoms with E-state index >= 15 is 0 Å². The van der Waals surface area contributed by atoms with Gasteiger partial charge >= 0.3 is 0 Å². The number of aryl methyl sites for hydroxylation is 2. The molecule has 0 aliphatic carbocycles. The van der Waals surface area contributed by atoms with E-state index in [9.17, 15) is 4.79 Å². The van der Waals surface area contributed by atoms with Gasteiger partial charge in [-0.05, 0) is 38.9 Å². The molecule has 0 bridgehead atoms. The zero-order valence-corrected chi connectivity index (χ0v) is 11.6. The summed E-state index contributed by atoms with van der Waals surface area (Å²) in [6, 6.07) is 6.34. The van der Waals surface area contributed by atoms with Crippen LogP contribution in [0.3, 0.4) is 0 Å². The molecule has 0 heterocycles. The van der Waals surface area contributed by atoms with Gasteiger partial charge in [-0.3, -0.25) is 4.79 Å². The summed E-state index contributed by atoms with van der Waals surface area (Å²) in [5.41, 5.74) is 3.64. The third-order valence-corrected chi connectivity index (χ3v) is 2.61. The van der Waals surface area contributed by atoms with Crippen molar-refractivity contribution in [2.75, 3.05) is 13.6 Å². The number of benzene rings is 1. The lowest BCUT2D eigenvalue weighted by Gasteiger charge is -2.17. The predicted octanol–water partition coefficient (Wildman–Crippen LogP) is 2.12. The van der Waals surface area contributed by atoms with Crippen LogP contribution in [0.25, 0.3) is 0 Å². The minimum absolute atomic E-state index is 0. The van der Waals surface area contributed by atoms with Crippen LogP contribution in [0.2, 0.25) is 0 Å². The maximum atomic E-state index is 11.4. The molecule has 0 spiro atoms. The number of carbonyl (C=O) groups excluding carboxylic acids is 1. The molecule has 0 saturated carbocycles. The van der Waals surface area contributed by atoms with Gasteiger partial charge in [-0.2, -0.15) is 0 Å². The summed E-state index contributed by atoms with van der Waals surface area (Å²) in [7, 11) is 1.77. The first kappa shape index (κ1) is 15.9. The predicted molar refractivity (Wildman–Crippen MR) is 73.6 cm³/mol. The van der Waals surface area contributed by atoms with Gasteiger partial charge < -0.3 is 10.6 Å². The van der Waals surface area contributed by atoms with Crippen LogP contribution < -0.4 is 10.6 Å². The first-order valence-electron chi connectivity index (χ1n) is 5.55. The Morgan fingerprint density at radius 2 is 2.00 bits per heavy atom. The van der Waals surface area contributed by atoms with Gasteiger partial charge in [-0.1, -0.05) is 23.8 Å². The highest BCUT2D eigenvalue weighted by atomic mass is 35.5. The van der Waals surface area contributed by atoms with Crippen molar-refractivity contribution in [2.24, 2.45) is 0 Å². The first-order chi connectivity index (χ1) is 7.54. The molecule has 2 N–H and O–H groups in total. The van der Waals surface area contributed by atoms with Gasteiger partial charge in [0.2, 0.25) is 5.91 Å². The SMILES string of the molecule is CNCC(=O)NC(C)c1ccc(C)cc1C.Cl. The number of likely N-dealkylation sites (N-methyl/N-ethyl adjacent to an activating group) is 1. The van der Waals surface area contributed by atoms with Crippen LogP contribution in [0.4, 0.5) is 0 Å². The van der Waals surface area contributed by atoms with Gasteiger partial charge in [-0.25, -0.2) is 0 Å². The fraction of sp³-hybridized carbons (Fsp3) is 0.462. The molecule has 96 valence electrons. The lowest BCUT2D eigenvalue weighted by Crippen LogP contribution is -2.34. The second-order valence-corrected chi connectivity index (χ2v) is 4.18. The maximum Gasteiger partial charge on any atom is 0.234 e. The van der Waals surface area contributed by atoms with Crippen LogP contribution >= 0.6 is 12.4 Å². The summed E-state index contributed by atoms with van der Waals surface area (Å²) < 4.78 is 0. The van der Waals surface area contributed by atoms with Crippen molar-refractivity contribution < 1.29 is 4.79 Å². The van der Waals surface area contributed by atoms with Gasteiger partial charge in [0, 0.05) is 0 Å². The molecule has 0 radical (unpaired) electrons. The van der Waals surface area contributed by atoms with E-state index in [-0.39, 0.29) is 24.4 Å². The van der Waals surface area contributed by atoms with Crippen LogP contribution in [0.15, 0.2) is 18.2 Å². The van der Waals surface area contributed by atoms with Crippen LogP contribution in [-0.2, 0) is 4.79 Å². The van der Waals surface area contributed by atoms with Gasteiger partial charge in [0.1, 0.15) is 0 Å². The molecule has 0 aliphatic heterocycles. The zero-order chi connectivity index (χ0) is 12.1. The Morgan fingerprint density at radius 3 is 2.53 bits per heavy atom. The van der Waals surface area contributed by atoms with E-state index in [0.29, 0.717) is 6.54 Å².